The van der Waals surface area contributed by atoms with Crippen LogP contribution < -0.4 is 5.32 Å². The largest absolute Gasteiger partial charge is 0.465 e. The van der Waals surface area contributed by atoms with Gasteiger partial charge in [0, 0.05) is 44.2 Å². The smallest absolute Gasteiger partial charge is 0.316 e. The Labute approximate surface area is 222 Å². The summed E-state index contributed by atoms with van der Waals surface area (Å²) in [5.41, 5.74) is 2.89. The Kier molecular flexibility index (Phi) is 7.05. The quantitative estimate of drug-likeness (QED) is 0.469. The summed E-state index contributed by atoms with van der Waals surface area (Å²) in [5, 5.41) is 4.79. The monoisotopic (exact) mass is 524 g/mol. The number of nitrogens with one attached hydrogen (secondary N) is 1. The van der Waals surface area contributed by atoms with E-state index >= 15 is 0 Å². The lowest BCUT2D eigenvalue weighted by Crippen LogP contribution is -2.47. The number of hydrogen-bond donors (Lipinski definition) is 1. The van der Waals surface area contributed by atoms with Crippen molar-refractivity contribution in [2.75, 3.05) is 33.0 Å². The van der Waals surface area contributed by atoms with E-state index in [4.69, 9.17) is 25.8 Å². The normalized spacial score (nSPS) is 21.2. The maximum Gasteiger partial charge on any atom is 0.316 e. The van der Waals surface area contributed by atoms with Crippen molar-refractivity contribution < 1.29 is 23.8 Å². The molecule has 1 atom stereocenters. The van der Waals surface area contributed by atoms with Crippen molar-refractivity contribution in [3.05, 3.63) is 69.9 Å². The lowest BCUT2D eigenvalue weighted by molar-refractivity contribution is -0.154. The van der Waals surface area contributed by atoms with E-state index in [9.17, 15) is 9.59 Å². The van der Waals surface area contributed by atoms with E-state index in [2.05, 4.69) is 5.32 Å². The molecule has 0 spiro atoms. The van der Waals surface area contributed by atoms with Gasteiger partial charge in [-0.2, -0.15) is 0 Å². The fraction of sp³-hybridized carbons (Fsp3) is 0.448. The molecule has 1 amide bonds. The van der Waals surface area contributed by atoms with Crippen LogP contribution in [0, 0.1) is 6.92 Å². The summed E-state index contributed by atoms with van der Waals surface area (Å²) in [6, 6.07) is 13.8. The van der Waals surface area contributed by atoms with Crippen LogP contribution in [0.5, 0.6) is 0 Å². The summed E-state index contributed by atoms with van der Waals surface area (Å²) in [7, 11) is 1.87. The summed E-state index contributed by atoms with van der Waals surface area (Å²) >= 11 is 6.54. The predicted octanol–water partition coefficient (Wildman–Crippen LogP) is 4.80. The first-order valence-corrected chi connectivity index (χ1v) is 13.2. The van der Waals surface area contributed by atoms with Crippen LogP contribution in [0.4, 0.5) is 0 Å². The molecule has 196 valence electrons. The van der Waals surface area contributed by atoms with Gasteiger partial charge in [0.2, 0.25) is 0 Å². The average Bonchev–Trinajstić information content (AvgIpc) is 3.52. The first-order valence-electron chi connectivity index (χ1n) is 12.8. The molecule has 5 rings (SSSR count). The number of carbonyl (C=O) groups is 2. The SMILES string of the molecule is CCOC(=O)C1(c2ccc(C3(NC(=O)c4cc5c(Cl)c(C)ccc5n4C)CCOC3)cc2)CCOCC1. The van der Waals surface area contributed by atoms with E-state index in [1.54, 1.807) is 0 Å². The highest BCUT2D eigenvalue weighted by molar-refractivity contribution is 6.36. The molecule has 1 N–H and O–H groups in total. The summed E-state index contributed by atoms with van der Waals surface area (Å²) < 4.78 is 18.7. The molecule has 3 heterocycles. The molecule has 1 aromatic heterocycles. The molecule has 3 aromatic rings. The van der Waals surface area contributed by atoms with E-state index in [0.29, 0.717) is 63.0 Å². The zero-order valence-electron chi connectivity index (χ0n) is 21.6. The Morgan fingerprint density at radius 1 is 1.03 bits per heavy atom. The van der Waals surface area contributed by atoms with Crippen LogP contribution in [-0.2, 0) is 37.0 Å². The topological polar surface area (TPSA) is 78.8 Å². The number of halogens is 1. The molecular weight excluding hydrogens is 492 g/mol. The Bertz CT molecular complexity index is 1320. The highest BCUT2D eigenvalue weighted by Crippen LogP contribution is 2.39. The number of benzene rings is 2. The molecule has 0 bridgehead atoms. The first kappa shape index (κ1) is 25.8. The molecule has 7 nitrogen and oxygen atoms in total. The van der Waals surface area contributed by atoms with Crippen molar-refractivity contribution in [3.63, 3.8) is 0 Å². The minimum Gasteiger partial charge on any atom is -0.465 e. The van der Waals surface area contributed by atoms with Gasteiger partial charge in [-0.3, -0.25) is 9.59 Å². The summed E-state index contributed by atoms with van der Waals surface area (Å²) in [4.78, 5) is 26.6. The van der Waals surface area contributed by atoms with Crippen LogP contribution in [0.3, 0.4) is 0 Å². The first-order chi connectivity index (χ1) is 17.8. The van der Waals surface area contributed by atoms with Crippen molar-refractivity contribution in [1.29, 1.82) is 0 Å². The van der Waals surface area contributed by atoms with E-state index in [0.717, 1.165) is 27.6 Å². The maximum absolute atomic E-state index is 13.6. The van der Waals surface area contributed by atoms with Gasteiger partial charge in [0.1, 0.15) is 5.69 Å². The van der Waals surface area contributed by atoms with Gasteiger partial charge in [-0.15, -0.1) is 0 Å². The number of fused-ring (bicyclic) bond motifs is 1. The van der Waals surface area contributed by atoms with Crippen molar-refractivity contribution in [2.45, 2.75) is 44.1 Å². The number of aryl methyl sites for hydroxylation is 2. The van der Waals surface area contributed by atoms with Crippen molar-refractivity contribution in [3.8, 4) is 0 Å². The molecule has 2 aliphatic heterocycles. The van der Waals surface area contributed by atoms with Crippen LogP contribution in [0.25, 0.3) is 10.9 Å². The molecule has 8 heteroatoms. The number of hydrogen-bond acceptors (Lipinski definition) is 5. The van der Waals surface area contributed by atoms with Gasteiger partial charge in [0.05, 0.1) is 29.2 Å². The lowest BCUT2D eigenvalue weighted by atomic mass is 9.73. The number of carbonyl (C=O) groups excluding carboxylic acids is 2. The second kappa shape index (κ2) is 10.1. The molecule has 1 unspecified atom stereocenters. The molecule has 0 saturated carbocycles. The third-order valence-corrected chi connectivity index (χ3v) is 8.46. The van der Waals surface area contributed by atoms with Gasteiger partial charge in [-0.05, 0) is 55.5 Å². The number of ether oxygens (including phenoxy) is 3. The molecule has 0 aliphatic carbocycles. The molecule has 0 radical (unpaired) electrons. The number of rotatable bonds is 6. The Balaban J connectivity index is 1.45. The molecule has 2 aromatic carbocycles. The number of amides is 1. The van der Waals surface area contributed by atoms with Crippen LogP contribution in [0.15, 0.2) is 42.5 Å². The number of aromatic nitrogens is 1. The molecule has 37 heavy (non-hydrogen) atoms. The number of nitrogens with zero attached hydrogens (tertiary/aromatic N) is 1. The van der Waals surface area contributed by atoms with Crippen LogP contribution in [0.1, 0.15) is 53.4 Å². The van der Waals surface area contributed by atoms with Gasteiger partial charge in [-0.25, -0.2) is 0 Å². The van der Waals surface area contributed by atoms with Gasteiger partial charge >= 0.3 is 5.97 Å². The molecule has 2 fully saturated rings. The predicted molar refractivity (Wildman–Crippen MR) is 142 cm³/mol. The Morgan fingerprint density at radius 3 is 2.35 bits per heavy atom. The van der Waals surface area contributed by atoms with Crippen LogP contribution in [-0.4, -0.2) is 49.5 Å². The van der Waals surface area contributed by atoms with Crippen molar-refractivity contribution in [2.24, 2.45) is 7.05 Å². The second-order valence-corrected chi connectivity index (χ2v) is 10.4. The Hall–Kier alpha value is -2.87. The van der Waals surface area contributed by atoms with Crippen molar-refractivity contribution >= 4 is 34.4 Å². The van der Waals surface area contributed by atoms with Crippen LogP contribution in [0.2, 0.25) is 5.02 Å². The fourth-order valence-electron chi connectivity index (χ4n) is 5.66. The van der Waals surface area contributed by atoms with Gasteiger partial charge in [0.25, 0.3) is 5.91 Å². The second-order valence-electron chi connectivity index (χ2n) is 10.0. The average molecular weight is 525 g/mol. The third kappa shape index (κ3) is 4.43. The zero-order chi connectivity index (χ0) is 26.2. The number of esters is 1. The van der Waals surface area contributed by atoms with Gasteiger partial charge in [0.15, 0.2) is 0 Å². The highest BCUT2D eigenvalue weighted by atomic mass is 35.5. The molecular formula is C29H33ClN2O5. The summed E-state index contributed by atoms with van der Waals surface area (Å²) in [6.45, 7) is 6.07. The van der Waals surface area contributed by atoms with E-state index in [1.807, 2.05) is 67.9 Å². The van der Waals surface area contributed by atoms with Crippen molar-refractivity contribution in [1.82, 2.24) is 9.88 Å². The van der Waals surface area contributed by atoms with E-state index in [-0.39, 0.29) is 11.9 Å². The standard InChI is InChI=1S/C29H33ClN2O5/c1-4-37-27(34)28(11-14-35-15-12-28)20-6-8-21(9-7-20)29(13-16-36-18-29)31-26(33)24-17-22-23(32(24)3)10-5-19(2)25(22)30/h5-10,17H,4,11-16,18H2,1-3H3,(H,31,33). The molecule has 2 saturated heterocycles. The highest BCUT2D eigenvalue weighted by Gasteiger charge is 2.44. The van der Waals surface area contributed by atoms with Gasteiger partial charge in [-0.1, -0.05) is 41.9 Å². The lowest BCUT2D eigenvalue weighted by Gasteiger charge is -2.36. The maximum atomic E-state index is 13.6. The fourth-order valence-corrected chi connectivity index (χ4v) is 5.87. The molecule has 2 aliphatic rings. The minimum absolute atomic E-state index is 0.186. The van der Waals surface area contributed by atoms with Gasteiger partial charge < -0.3 is 24.1 Å². The Morgan fingerprint density at radius 2 is 1.70 bits per heavy atom. The zero-order valence-corrected chi connectivity index (χ0v) is 22.3. The summed E-state index contributed by atoms with van der Waals surface area (Å²) in [6.07, 6.45) is 1.82. The minimum atomic E-state index is -0.712. The summed E-state index contributed by atoms with van der Waals surface area (Å²) in [5.74, 6) is -0.391. The van der Waals surface area contributed by atoms with Crippen LogP contribution >= 0.6 is 11.6 Å². The third-order valence-electron chi connectivity index (χ3n) is 7.96. The van der Waals surface area contributed by atoms with E-state index in [1.165, 1.54) is 0 Å². The van der Waals surface area contributed by atoms with E-state index < -0.39 is 11.0 Å².